The van der Waals surface area contributed by atoms with Crippen LogP contribution in [0.1, 0.15) is 37.7 Å². The van der Waals surface area contributed by atoms with Crippen LogP contribution < -0.4 is 11.1 Å². The molecule has 1 aromatic carbocycles. The number of nitrogens with zero attached hydrogens (tertiary/aromatic N) is 2. The number of likely N-dealkylation sites (tertiary alicyclic amines) is 1. The molecule has 0 saturated carbocycles. The Morgan fingerprint density at radius 1 is 1.24 bits per heavy atom. The molecule has 1 heterocycles. The third kappa shape index (κ3) is 6.17. The van der Waals surface area contributed by atoms with Gasteiger partial charge in [-0.1, -0.05) is 25.0 Å². The van der Waals surface area contributed by atoms with E-state index in [9.17, 15) is 0 Å². The monoisotopic (exact) mass is 288 g/mol. The number of hydrogen-bond donors (Lipinski definition) is 2. The number of rotatable bonds is 5. The molecule has 21 heavy (non-hydrogen) atoms. The Bertz CT molecular complexity index is 448. The van der Waals surface area contributed by atoms with Gasteiger partial charge in [0.2, 0.25) is 0 Å². The van der Waals surface area contributed by atoms with Crippen LogP contribution >= 0.6 is 0 Å². The summed E-state index contributed by atoms with van der Waals surface area (Å²) in [5.74, 6) is 0.511. The van der Waals surface area contributed by atoms with Gasteiger partial charge in [-0.05, 0) is 63.5 Å². The van der Waals surface area contributed by atoms with Gasteiger partial charge in [0.1, 0.15) is 0 Å². The van der Waals surface area contributed by atoms with Crippen molar-refractivity contribution in [1.82, 2.24) is 4.90 Å². The summed E-state index contributed by atoms with van der Waals surface area (Å²) in [6, 6.07) is 8.16. The highest BCUT2D eigenvalue weighted by atomic mass is 15.1. The second-order valence-electron chi connectivity index (χ2n) is 5.87. The molecule has 0 amide bonds. The second kappa shape index (κ2) is 8.67. The lowest BCUT2D eigenvalue weighted by Crippen LogP contribution is -2.27. The lowest BCUT2D eigenvalue weighted by molar-refractivity contribution is 0.283. The molecule has 4 heteroatoms. The molecule has 0 bridgehead atoms. The molecule has 0 aromatic heterocycles. The molecule has 0 aliphatic carbocycles. The van der Waals surface area contributed by atoms with Crippen molar-refractivity contribution in [3.63, 3.8) is 0 Å². The summed E-state index contributed by atoms with van der Waals surface area (Å²) in [5.41, 5.74) is 8.15. The zero-order valence-corrected chi connectivity index (χ0v) is 13.1. The molecule has 116 valence electrons. The third-order valence-corrected chi connectivity index (χ3v) is 3.90. The summed E-state index contributed by atoms with van der Waals surface area (Å²) in [5, 5.41) is 3.15. The minimum Gasteiger partial charge on any atom is -0.370 e. The molecule has 4 nitrogen and oxygen atoms in total. The quantitative estimate of drug-likeness (QED) is 0.497. The molecule has 1 aliphatic rings. The van der Waals surface area contributed by atoms with E-state index < -0.39 is 0 Å². The highest BCUT2D eigenvalue weighted by Crippen LogP contribution is 2.10. The summed E-state index contributed by atoms with van der Waals surface area (Å²) in [7, 11) is 0. The van der Waals surface area contributed by atoms with Crippen molar-refractivity contribution < 1.29 is 0 Å². The minimum atomic E-state index is 0.511. The van der Waals surface area contributed by atoms with Gasteiger partial charge < -0.3 is 16.0 Å². The van der Waals surface area contributed by atoms with Gasteiger partial charge >= 0.3 is 0 Å². The Hall–Kier alpha value is -1.55. The van der Waals surface area contributed by atoms with E-state index in [1.807, 2.05) is 12.1 Å². The first kappa shape index (κ1) is 15.8. The number of nitrogens with two attached hydrogens (primary N) is 1. The average molecular weight is 288 g/mol. The maximum Gasteiger partial charge on any atom is 0.193 e. The molecule has 0 unspecified atom stereocenters. The summed E-state index contributed by atoms with van der Waals surface area (Å²) in [6.45, 7) is 6.50. The van der Waals surface area contributed by atoms with Gasteiger partial charge in [0.15, 0.2) is 5.96 Å². The van der Waals surface area contributed by atoms with E-state index in [1.165, 1.54) is 44.3 Å². The summed E-state index contributed by atoms with van der Waals surface area (Å²) in [6.07, 6.45) is 6.56. The fourth-order valence-corrected chi connectivity index (χ4v) is 2.76. The first-order valence-corrected chi connectivity index (χ1v) is 8.10. The lowest BCUT2D eigenvalue weighted by Gasteiger charge is -2.18. The number of anilines is 1. The summed E-state index contributed by atoms with van der Waals surface area (Å²) >= 11 is 0. The highest BCUT2D eigenvalue weighted by Gasteiger charge is 2.07. The molecule has 1 aromatic rings. The average Bonchev–Trinajstić information content (AvgIpc) is 2.72. The van der Waals surface area contributed by atoms with E-state index in [1.54, 1.807) is 0 Å². The Morgan fingerprint density at radius 3 is 2.71 bits per heavy atom. The third-order valence-electron chi connectivity index (χ3n) is 3.90. The Balaban J connectivity index is 1.68. The van der Waals surface area contributed by atoms with E-state index in [-0.39, 0.29) is 0 Å². The number of aryl methyl sites for hydroxylation is 1. The fourth-order valence-electron chi connectivity index (χ4n) is 2.76. The fraction of sp³-hybridized carbons (Fsp3) is 0.588. The van der Waals surface area contributed by atoms with Gasteiger partial charge in [-0.3, -0.25) is 4.99 Å². The summed E-state index contributed by atoms with van der Waals surface area (Å²) in [4.78, 5) is 6.98. The Kier molecular flexibility index (Phi) is 6.54. The normalized spacial score (nSPS) is 17.5. The standard InChI is InChI=1S/C17H28N4/c1-15-8-6-9-16(14-15)20-17(18)19-10-7-13-21-11-4-2-3-5-12-21/h6,8-9,14H,2-5,7,10-13H2,1H3,(H3,18,19,20). The molecule has 1 saturated heterocycles. The first-order chi connectivity index (χ1) is 10.2. The topological polar surface area (TPSA) is 53.6 Å². The molecular weight excluding hydrogens is 260 g/mol. The summed E-state index contributed by atoms with van der Waals surface area (Å²) < 4.78 is 0. The van der Waals surface area contributed by atoms with Crippen molar-refractivity contribution in [1.29, 1.82) is 0 Å². The molecule has 2 rings (SSSR count). The van der Waals surface area contributed by atoms with Crippen molar-refractivity contribution in [2.75, 3.05) is 31.5 Å². The van der Waals surface area contributed by atoms with E-state index >= 15 is 0 Å². The lowest BCUT2D eigenvalue weighted by atomic mass is 10.2. The van der Waals surface area contributed by atoms with E-state index in [2.05, 4.69) is 34.3 Å². The van der Waals surface area contributed by atoms with Crippen molar-refractivity contribution in [2.24, 2.45) is 10.7 Å². The minimum absolute atomic E-state index is 0.511. The zero-order chi connectivity index (χ0) is 14.9. The van der Waals surface area contributed by atoms with Crippen molar-refractivity contribution in [3.8, 4) is 0 Å². The molecule has 1 fully saturated rings. The maximum atomic E-state index is 5.93. The molecule has 1 aliphatic heterocycles. The van der Waals surface area contributed by atoms with E-state index in [0.717, 1.165) is 25.2 Å². The molecule has 0 atom stereocenters. The second-order valence-corrected chi connectivity index (χ2v) is 5.87. The largest absolute Gasteiger partial charge is 0.370 e. The van der Waals surface area contributed by atoms with Crippen LogP contribution in [-0.2, 0) is 0 Å². The predicted molar refractivity (Wildman–Crippen MR) is 90.8 cm³/mol. The van der Waals surface area contributed by atoms with Crippen LogP contribution in [0.3, 0.4) is 0 Å². The van der Waals surface area contributed by atoms with Gasteiger partial charge in [-0.25, -0.2) is 0 Å². The van der Waals surface area contributed by atoms with Crippen LogP contribution in [0, 0.1) is 6.92 Å². The highest BCUT2D eigenvalue weighted by molar-refractivity contribution is 5.92. The molecule has 0 spiro atoms. The van der Waals surface area contributed by atoms with Crippen LogP contribution in [0.4, 0.5) is 5.69 Å². The number of nitrogens with one attached hydrogen (secondary N) is 1. The van der Waals surface area contributed by atoms with E-state index in [0.29, 0.717) is 5.96 Å². The zero-order valence-electron chi connectivity index (χ0n) is 13.1. The van der Waals surface area contributed by atoms with Crippen LogP contribution in [-0.4, -0.2) is 37.0 Å². The van der Waals surface area contributed by atoms with Gasteiger partial charge in [-0.15, -0.1) is 0 Å². The molecular formula is C17H28N4. The van der Waals surface area contributed by atoms with Crippen LogP contribution in [0.25, 0.3) is 0 Å². The number of benzene rings is 1. The number of guanidine groups is 1. The molecule has 3 N–H and O–H groups in total. The van der Waals surface area contributed by atoms with Crippen LogP contribution in [0.15, 0.2) is 29.3 Å². The first-order valence-electron chi connectivity index (χ1n) is 8.10. The van der Waals surface area contributed by atoms with Gasteiger partial charge in [0.05, 0.1) is 0 Å². The SMILES string of the molecule is Cc1cccc(NC(N)=NCCCN2CCCCCC2)c1. The van der Waals surface area contributed by atoms with E-state index in [4.69, 9.17) is 5.73 Å². The van der Waals surface area contributed by atoms with Crippen LogP contribution in [0.5, 0.6) is 0 Å². The Morgan fingerprint density at radius 2 is 2.00 bits per heavy atom. The molecule has 0 radical (unpaired) electrons. The Labute approximate surface area is 128 Å². The van der Waals surface area contributed by atoms with Crippen LogP contribution in [0.2, 0.25) is 0 Å². The van der Waals surface area contributed by atoms with Gasteiger partial charge in [0, 0.05) is 12.2 Å². The van der Waals surface area contributed by atoms with Gasteiger partial charge in [0.25, 0.3) is 0 Å². The maximum absolute atomic E-state index is 5.93. The van der Waals surface area contributed by atoms with Crippen molar-refractivity contribution >= 4 is 11.6 Å². The van der Waals surface area contributed by atoms with Crippen molar-refractivity contribution in [2.45, 2.75) is 39.0 Å². The van der Waals surface area contributed by atoms with Crippen molar-refractivity contribution in [3.05, 3.63) is 29.8 Å². The number of aliphatic imine (C=N–C) groups is 1. The van der Waals surface area contributed by atoms with Gasteiger partial charge in [-0.2, -0.15) is 0 Å². The smallest absolute Gasteiger partial charge is 0.193 e. The number of hydrogen-bond acceptors (Lipinski definition) is 2. The predicted octanol–water partition coefficient (Wildman–Crippen LogP) is 2.99.